The smallest absolute Gasteiger partial charge is 0.445 e. The zero-order chi connectivity index (χ0) is 10.8. The molecule has 1 heterocycles. The number of carboxylic acids is 1. The van der Waals surface area contributed by atoms with Gasteiger partial charge >= 0.3 is 5.97 Å². The van der Waals surface area contributed by atoms with E-state index in [1.54, 1.807) is 0 Å². The van der Waals surface area contributed by atoms with E-state index in [0.717, 1.165) is 11.3 Å². The van der Waals surface area contributed by atoms with Crippen LogP contribution in [0.3, 0.4) is 0 Å². The molecule has 15 heavy (non-hydrogen) atoms. The van der Waals surface area contributed by atoms with Crippen LogP contribution in [0, 0.1) is 5.92 Å². The van der Waals surface area contributed by atoms with E-state index < -0.39 is 5.97 Å². The van der Waals surface area contributed by atoms with E-state index >= 15 is 0 Å². The number of fused-ring (bicyclic) bond motifs is 1. The molecule has 1 aliphatic rings. The second-order valence-electron chi connectivity index (χ2n) is 3.50. The first-order valence-corrected chi connectivity index (χ1v) is 4.97. The fourth-order valence-electron chi connectivity index (χ4n) is 1.77. The average Bonchev–Trinajstić information content (AvgIpc) is 2.27. The van der Waals surface area contributed by atoms with Crippen LogP contribution in [0.1, 0.15) is 18.9 Å². The normalized spacial score (nSPS) is 14.5. The Kier molecular flexibility index (Phi) is 2.46. The first-order chi connectivity index (χ1) is 7.22. The molecule has 0 amide bonds. The summed E-state index contributed by atoms with van der Waals surface area (Å²) in [6.07, 6.45) is 1.15. The van der Waals surface area contributed by atoms with Crippen molar-refractivity contribution in [1.29, 1.82) is 0 Å². The molecule has 0 bridgehead atoms. The van der Waals surface area contributed by atoms with Crippen molar-refractivity contribution >= 4 is 17.4 Å². The van der Waals surface area contributed by atoms with Crippen LogP contribution in [-0.2, 0) is 11.2 Å². The Morgan fingerprint density at radius 2 is 2.27 bits per heavy atom. The summed E-state index contributed by atoms with van der Waals surface area (Å²) in [6, 6.07) is 7.67. The van der Waals surface area contributed by atoms with Crippen LogP contribution in [-0.4, -0.2) is 16.8 Å². The number of benzene rings is 1. The van der Waals surface area contributed by atoms with Gasteiger partial charge in [0.1, 0.15) is 6.42 Å². The van der Waals surface area contributed by atoms with Crippen LogP contribution < -0.4 is 0 Å². The van der Waals surface area contributed by atoms with E-state index in [0.29, 0.717) is 24.5 Å². The van der Waals surface area contributed by atoms with Gasteiger partial charge in [0.05, 0.1) is 5.69 Å². The third kappa shape index (κ3) is 1.73. The first-order valence-electron chi connectivity index (χ1n) is 4.97. The molecule has 1 aliphatic heterocycles. The Morgan fingerprint density at radius 1 is 1.53 bits per heavy atom. The minimum atomic E-state index is -0.856. The van der Waals surface area contributed by atoms with Crippen LogP contribution in [0.4, 0.5) is 5.69 Å². The molecule has 0 radical (unpaired) electrons. The van der Waals surface area contributed by atoms with Crippen molar-refractivity contribution in [2.24, 2.45) is 4.99 Å². The molecule has 1 N–H and O–H groups in total. The molecule has 0 fully saturated rings. The number of hydrogen-bond donors (Lipinski definition) is 1. The molecule has 3 heteroatoms. The van der Waals surface area contributed by atoms with Crippen molar-refractivity contribution in [2.45, 2.75) is 19.8 Å². The zero-order valence-corrected chi connectivity index (χ0v) is 8.53. The maximum atomic E-state index is 11.0. The monoisotopic (exact) mass is 202 g/mol. The molecule has 3 nitrogen and oxygen atoms in total. The number of hydrogen-bond acceptors (Lipinski definition) is 2. The lowest BCUT2D eigenvalue weighted by atomic mass is 9.89. The summed E-state index contributed by atoms with van der Waals surface area (Å²) in [5.41, 5.74) is 2.59. The second kappa shape index (κ2) is 3.77. The summed E-state index contributed by atoms with van der Waals surface area (Å²) in [5.74, 6) is -0.429. The molecule has 1 aromatic rings. The lowest BCUT2D eigenvalue weighted by Crippen LogP contribution is -2.25. The van der Waals surface area contributed by atoms with Crippen molar-refractivity contribution < 1.29 is 9.90 Å². The topological polar surface area (TPSA) is 49.7 Å². The first kappa shape index (κ1) is 9.77. The molecule has 0 saturated heterocycles. The number of aliphatic imine (C=N–C) groups is 1. The number of aliphatic carboxylic acids is 1. The SMILES string of the molecule is CCC1=Nc2ccccc2C[C+]1C(=O)O. The van der Waals surface area contributed by atoms with Crippen LogP contribution in [0.2, 0.25) is 0 Å². The Hall–Kier alpha value is -1.77. The number of para-hydroxylation sites is 1. The predicted molar refractivity (Wildman–Crippen MR) is 58.4 cm³/mol. The number of carbonyl (C=O) groups is 1. The highest BCUT2D eigenvalue weighted by Gasteiger charge is 2.40. The number of nitrogens with zero attached hydrogens (tertiary/aromatic N) is 1. The minimum Gasteiger partial charge on any atom is -0.445 e. The highest BCUT2D eigenvalue weighted by molar-refractivity contribution is 6.17. The Morgan fingerprint density at radius 3 is 2.93 bits per heavy atom. The highest BCUT2D eigenvalue weighted by Crippen LogP contribution is 2.30. The van der Waals surface area contributed by atoms with Gasteiger partial charge in [0.2, 0.25) is 5.71 Å². The Bertz CT molecular complexity index is 423. The quantitative estimate of drug-likeness (QED) is 0.748. The van der Waals surface area contributed by atoms with Crippen LogP contribution in [0.5, 0.6) is 0 Å². The molecular formula is C12H12NO2+. The molecular weight excluding hydrogens is 190 g/mol. The van der Waals surface area contributed by atoms with Gasteiger partial charge in [-0.1, -0.05) is 25.1 Å². The molecule has 1 aromatic carbocycles. The van der Waals surface area contributed by atoms with Crippen LogP contribution in [0.15, 0.2) is 29.3 Å². The van der Waals surface area contributed by atoms with Crippen molar-refractivity contribution in [3.8, 4) is 0 Å². The summed E-state index contributed by atoms with van der Waals surface area (Å²) >= 11 is 0. The molecule has 0 saturated carbocycles. The van der Waals surface area contributed by atoms with Crippen LogP contribution in [0.25, 0.3) is 0 Å². The number of carboxylic acid groups (broad SMARTS) is 1. The van der Waals surface area contributed by atoms with Gasteiger partial charge in [-0.2, -0.15) is 4.79 Å². The van der Waals surface area contributed by atoms with Crippen molar-refractivity contribution in [3.63, 3.8) is 0 Å². The molecule has 2 rings (SSSR count). The van der Waals surface area contributed by atoms with E-state index in [-0.39, 0.29) is 0 Å². The highest BCUT2D eigenvalue weighted by atomic mass is 16.4. The molecule has 0 atom stereocenters. The second-order valence-corrected chi connectivity index (χ2v) is 3.50. The summed E-state index contributed by atoms with van der Waals surface area (Å²) in [4.78, 5) is 15.4. The average molecular weight is 202 g/mol. The molecule has 76 valence electrons. The lowest BCUT2D eigenvalue weighted by Gasteiger charge is -2.11. The fraction of sp³-hybridized carbons (Fsp3) is 0.250. The largest absolute Gasteiger partial charge is 0.504 e. The van der Waals surface area contributed by atoms with Crippen molar-refractivity contribution in [1.82, 2.24) is 0 Å². The van der Waals surface area contributed by atoms with Crippen molar-refractivity contribution in [3.05, 3.63) is 35.7 Å². The number of rotatable bonds is 2. The van der Waals surface area contributed by atoms with Gasteiger partial charge in [-0.25, -0.2) is 4.99 Å². The zero-order valence-electron chi connectivity index (χ0n) is 8.53. The van der Waals surface area contributed by atoms with Crippen molar-refractivity contribution in [2.75, 3.05) is 0 Å². The molecule has 0 spiro atoms. The van der Waals surface area contributed by atoms with Gasteiger partial charge in [0.25, 0.3) is 5.92 Å². The minimum absolute atomic E-state index is 0.427. The standard InChI is InChI=1S/C12H11NO2/c1-2-10-9(12(14)15)7-8-5-3-4-6-11(8)13-10/h3-6H,2,7H2,1H3/p+1. The van der Waals surface area contributed by atoms with Gasteiger partial charge in [-0.15, -0.1) is 0 Å². The maximum Gasteiger partial charge on any atom is 0.504 e. The maximum absolute atomic E-state index is 11.0. The van der Waals surface area contributed by atoms with Crippen LogP contribution >= 0.6 is 0 Å². The molecule has 0 aromatic heterocycles. The van der Waals surface area contributed by atoms with E-state index in [1.807, 2.05) is 31.2 Å². The van der Waals surface area contributed by atoms with E-state index in [9.17, 15) is 4.79 Å². The third-order valence-corrected chi connectivity index (χ3v) is 2.56. The van der Waals surface area contributed by atoms with Gasteiger partial charge < -0.3 is 5.11 Å². The Balaban J connectivity index is 2.43. The predicted octanol–water partition coefficient (Wildman–Crippen LogP) is 2.38. The van der Waals surface area contributed by atoms with Gasteiger partial charge in [0, 0.05) is 12.0 Å². The lowest BCUT2D eigenvalue weighted by molar-refractivity contribution is -0.134. The summed E-state index contributed by atoms with van der Waals surface area (Å²) in [6.45, 7) is 1.93. The fourth-order valence-corrected chi connectivity index (χ4v) is 1.77. The van der Waals surface area contributed by atoms with Gasteiger partial charge in [-0.3, -0.25) is 0 Å². The van der Waals surface area contributed by atoms with Gasteiger partial charge in [-0.05, 0) is 6.07 Å². The summed E-state index contributed by atoms with van der Waals surface area (Å²) in [7, 11) is 0. The van der Waals surface area contributed by atoms with E-state index in [2.05, 4.69) is 4.99 Å². The summed E-state index contributed by atoms with van der Waals surface area (Å²) in [5, 5.41) is 9.05. The summed E-state index contributed by atoms with van der Waals surface area (Å²) < 4.78 is 0. The molecule has 0 aliphatic carbocycles. The molecule has 0 unspecified atom stereocenters. The van der Waals surface area contributed by atoms with E-state index in [4.69, 9.17) is 5.11 Å². The van der Waals surface area contributed by atoms with E-state index in [1.165, 1.54) is 0 Å². The van der Waals surface area contributed by atoms with Gasteiger partial charge in [0.15, 0.2) is 0 Å². The third-order valence-electron chi connectivity index (χ3n) is 2.56. The Labute approximate surface area is 88.5 Å².